The zero-order valence-electron chi connectivity index (χ0n) is 16.9. The number of ketones is 1. The van der Waals surface area contributed by atoms with E-state index in [9.17, 15) is 9.59 Å². The number of carbonyl (C=O) groups is 2. The Balaban J connectivity index is 2.18. The van der Waals surface area contributed by atoms with E-state index in [0.29, 0.717) is 11.3 Å². The maximum absolute atomic E-state index is 13.4. The number of ether oxygens (including phenoxy) is 2. The molecule has 0 amide bonds. The molecule has 4 nitrogen and oxygen atoms in total. The number of fused-ring (bicyclic) bond motifs is 1. The second kappa shape index (κ2) is 8.28. The molecule has 1 aromatic rings. The third-order valence-corrected chi connectivity index (χ3v) is 5.85. The topological polar surface area (TPSA) is 52.6 Å². The predicted molar refractivity (Wildman–Crippen MR) is 105 cm³/mol. The summed E-state index contributed by atoms with van der Waals surface area (Å²) in [5, 5.41) is 0. The highest BCUT2D eigenvalue weighted by Gasteiger charge is 2.46. The molecule has 2 atom stereocenters. The minimum Gasteiger partial charge on any atom is -0.434 e. The summed E-state index contributed by atoms with van der Waals surface area (Å²) in [5.41, 5.74) is 5.12. The smallest absolute Gasteiger partial charge is 0.434 e. The fraction of sp³-hybridized carbons (Fsp3) is 0.565. The molecule has 0 saturated heterocycles. The van der Waals surface area contributed by atoms with Crippen molar-refractivity contribution >= 4 is 17.5 Å². The van der Waals surface area contributed by atoms with Crippen molar-refractivity contribution in [2.45, 2.75) is 66.2 Å². The van der Waals surface area contributed by atoms with E-state index in [4.69, 9.17) is 9.47 Å². The summed E-state index contributed by atoms with van der Waals surface area (Å²) in [6, 6.07) is 4.30. The molecule has 27 heavy (non-hydrogen) atoms. The minimum atomic E-state index is -0.702. The first-order chi connectivity index (χ1) is 13.0. The highest BCUT2D eigenvalue weighted by atomic mass is 16.7. The molecular formula is C23H30O4. The lowest BCUT2D eigenvalue weighted by Crippen LogP contribution is -2.23. The van der Waals surface area contributed by atoms with Crippen molar-refractivity contribution in [1.29, 1.82) is 0 Å². The van der Waals surface area contributed by atoms with Crippen molar-refractivity contribution in [2.24, 2.45) is 11.8 Å². The van der Waals surface area contributed by atoms with Gasteiger partial charge in [-0.05, 0) is 56.2 Å². The van der Waals surface area contributed by atoms with Gasteiger partial charge in [-0.15, -0.1) is 0 Å². The maximum atomic E-state index is 13.4. The molecule has 1 saturated carbocycles. The van der Waals surface area contributed by atoms with Gasteiger partial charge in [-0.25, -0.2) is 4.79 Å². The van der Waals surface area contributed by atoms with Crippen LogP contribution in [0.5, 0.6) is 0 Å². The molecule has 1 fully saturated rings. The van der Waals surface area contributed by atoms with Gasteiger partial charge in [0, 0.05) is 11.8 Å². The molecule has 0 heterocycles. The molecule has 0 N–H and O–H groups in total. The normalized spacial score (nSPS) is 22.0. The van der Waals surface area contributed by atoms with Gasteiger partial charge in [0.2, 0.25) is 0 Å². The van der Waals surface area contributed by atoms with Crippen LogP contribution >= 0.6 is 0 Å². The molecule has 0 aromatic heterocycles. The summed E-state index contributed by atoms with van der Waals surface area (Å²) in [7, 11) is 0. The third kappa shape index (κ3) is 3.67. The van der Waals surface area contributed by atoms with Gasteiger partial charge in [0.25, 0.3) is 0 Å². The maximum Gasteiger partial charge on any atom is 0.513 e. The van der Waals surface area contributed by atoms with E-state index < -0.39 is 6.16 Å². The van der Waals surface area contributed by atoms with E-state index in [1.54, 1.807) is 6.92 Å². The first-order valence-corrected chi connectivity index (χ1v) is 10.3. The van der Waals surface area contributed by atoms with Crippen LogP contribution < -0.4 is 0 Å². The molecule has 0 aliphatic heterocycles. The summed E-state index contributed by atoms with van der Waals surface area (Å²) in [4.78, 5) is 25.6. The lowest BCUT2D eigenvalue weighted by Gasteiger charge is -2.25. The molecule has 0 spiro atoms. The van der Waals surface area contributed by atoms with Crippen LogP contribution in [0, 0.1) is 18.8 Å². The Kier molecular flexibility index (Phi) is 6.03. The molecule has 1 aromatic carbocycles. The fourth-order valence-electron chi connectivity index (χ4n) is 4.68. The summed E-state index contributed by atoms with van der Waals surface area (Å²) < 4.78 is 10.7. The van der Waals surface area contributed by atoms with E-state index in [-0.39, 0.29) is 24.2 Å². The summed E-state index contributed by atoms with van der Waals surface area (Å²) in [6.07, 6.45) is 4.86. The van der Waals surface area contributed by atoms with Crippen LogP contribution in [0.4, 0.5) is 4.79 Å². The van der Waals surface area contributed by atoms with Crippen LogP contribution in [-0.2, 0) is 27.1 Å². The zero-order valence-corrected chi connectivity index (χ0v) is 16.9. The van der Waals surface area contributed by atoms with Crippen LogP contribution in [0.15, 0.2) is 17.9 Å². The Morgan fingerprint density at radius 3 is 2.19 bits per heavy atom. The largest absolute Gasteiger partial charge is 0.513 e. The van der Waals surface area contributed by atoms with Gasteiger partial charge in [0.15, 0.2) is 5.78 Å². The molecule has 146 valence electrons. The van der Waals surface area contributed by atoms with Crippen molar-refractivity contribution in [1.82, 2.24) is 0 Å². The number of carbonyl (C=O) groups excluding carboxylic acids is 2. The fourth-order valence-corrected chi connectivity index (χ4v) is 4.68. The molecule has 0 radical (unpaired) electrons. The van der Waals surface area contributed by atoms with Crippen LogP contribution in [-0.4, -0.2) is 18.5 Å². The molecular weight excluding hydrogens is 340 g/mol. The number of hydrogen-bond donors (Lipinski definition) is 0. The number of rotatable bonds is 5. The van der Waals surface area contributed by atoms with Crippen LogP contribution in [0.1, 0.15) is 68.7 Å². The average molecular weight is 370 g/mol. The van der Waals surface area contributed by atoms with Crippen molar-refractivity contribution in [2.75, 3.05) is 6.61 Å². The number of allylic oxidation sites excluding steroid dienone is 2. The number of aryl methyl sites for hydroxylation is 3. The SMILES string of the molecule is CCOC(=O)OC1=C(c2c(CC)cc(C)cc2CC)C(=O)C2CCCCC12. The Morgan fingerprint density at radius 2 is 1.63 bits per heavy atom. The van der Waals surface area contributed by atoms with Crippen LogP contribution in [0.25, 0.3) is 5.57 Å². The monoisotopic (exact) mass is 370 g/mol. The Bertz CT molecular complexity index is 750. The van der Waals surface area contributed by atoms with Gasteiger partial charge in [-0.2, -0.15) is 0 Å². The standard InChI is InChI=1S/C23H30O4/c1-5-15-12-14(4)13-16(6-2)19(15)20-21(24)17-10-8-9-11-18(17)22(20)27-23(25)26-7-3/h12-13,17-18H,5-11H2,1-4H3. The van der Waals surface area contributed by atoms with E-state index in [1.807, 2.05) is 0 Å². The highest BCUT2D eigenvalue weighted by molar-refractivity contribution is 6.25. The van der Waals surface area contributed by atoms with Crippen molar-refractivity contribution in [3.8, 4) is 0 Å². The Hall–Kier alpha value is -2.10. The van der Waals surface area contributed by atoms with Crippen LogP contribution in [0.2, 0.25) is 0 Å². The predicted octanol–water partition coefficient (Wildman–Crippen LogP) is 5.39. The Morgan fingerprint density at radius 1 is 1.04 bits per heavy atom. The minimum absolute atomic E-state index is 0.00127. The molecule has 2 unspecified atom stereocenters. The van der Waals surface area contributed by atoms with Gasteiger partial charge in [0.1, 0.15) is 5.76 Å². The molecule has 4 heteroatoms. The van der Waals surface area contributed by atoms with E-state index in [2.05, 4.69) is 32.9 Å². The van der Waals surface area contributed by atoms with E-state index in [0.717, 1.165) is 55.2 Å². The second-order valence-corrected chi connectivity index (χ2v) is 7.55. The van der Waals surface area contributed by atoms with Gasteiger partial charge in [-0.3, -0.25) is 4.79 Å². The highest BCUT2D eigenvalue weighted by Crippen LogP contribution is 2.48. The third-order valence-electron chi connectivity index (χ3n) is 5.85. The first-order valence-electron chi connectivity index (χ1n) is 10.3. The van der Waals surface area contributed by atoms with Crippen molar-refractivity contribution < 1.29 is 19.1 Å². The number of hydrogen-bond acceptors (Lipinski definition) is 4. The molecule has 0 bridgehead atoms. The first kappa shape index (κ1) is 19.7. The Labute approximate surface area is 161 Å². The average Bonchev–Trinajstić information content (AvgIpc) is 2.93. The van der Waals surface area contributed by atoms with Gasteiger partial charge in [-0.1, -0.05) is 44.4 Å². The van der Waals surface area contributed by atoms with Gasteiger partial charge >= 0.3 is 6.16 Å². The van der Waals surface area contributed by atoms with Crippen molar-refractivity contribution in [3.05, 3.63) is 40.1 Å². The summed E-state index contributed by atoms with van der Waals surface area (Å²) >= 11 is 0. The van der Waals surface area contributed by atoms with Gasteiger partial charge < -0.3 is 9.47 Å². The molecule has 2 aliphatic rings. The number of Topliss-reactive ketones (excluding diaryl/α,β-unsaturated/α-hetero) is 1. The lowest BCUT2D eigenvalue weighted by atomic mass is 9.80. The second-order valence-electron chi connectivity index (χ2n) is 7.55. The van der Waals surface area contributed by atoms with Crippen LogP contribution in [0.3, 0.4) is 0 Å². The summed E-state index contributed by atoms with van der Waals surface area (Å²) in [5.74, 6) is 0.638. The summed E-state index contributed by atoms with van der Waals surface area (Å²) in [6.45, 7) is 8.31. The van der Waals surface area contributed by atoms with Gasteiger partial charge in [0.05, 0.1) is 12.2 Å². The van der Waals surface area contributed by atoms with E-state index >= 15 is 0 Å². The molecule has 3 rings (SSSR count). The lowest BCUT2D eigenvalue weighted by molar-refractivity contribution is -0.118. The number of benzene rings is 1. The quantitative estimate of drug-likeness (QED) is 0.652. The molecule has 2 aliphatic carbocycles. The zero-order chi connectivity index (χ0) is 19.6. The van der Waals surface area contributed by atoms with Crippen molar-refractivity contribution in [3.63, 3.8) is 0 Å². The van der Waals surface area contributed by atoms with E-state index in [1.165, 1.54) is 5.56 Å².